The Bertz CT molecular complexity index is 1230. The summed E-state index contributed by atoms with van der Waals surface area (Å²) in [5.41, 5.74) is 6.38. The summed E-state index contributed by atoms with van der Waals surface area (Å²) >= 11 is 0. The number of imidazole rings is 1. The molecule has 0 radical (unpaired) electrons. The lowest BCUT2D eigenvalue weighted by atomic mass is 10.1. The molecule has 10 nitrogen and oxygen atoms in total. The van der Waals surface area contributed by atoms with Gasteiger partial charge in [0.05, 0.1) is 7.11 Å². The van der Waals surface area contributed by atoms with Gasteiger partial charge in [0, 0.05) is 30.1 Å². The number of nitrogen functional groups attached to an aromatic ring is 1. The van der Waals surface area contributed by atoms with Crippen molar-refractivity contribution in [2.24, 2.45) is 5.73 Å². The van der Waals surface area contributed by atoms with Crippen LogP contribution in [0, 0.1) is 5.41 Å². The molecule has 10 heteroatoms. The van der Waals surface area contributed by atoms with Gasteiger partial charge in [-0.25, -0.2) is 9.78 Å². The number of nitrogens with two attached hydrogens (primary N) is 1. The zero-order valence-corrected chi connectivity index (χ0v) is 17.8. The van der Waals surface area contributed by atoms with Crippen LogP contribution in [0.2, 0.25) is 0 Å². The Labute approximate surface area is 178 Å². The number of nitrogens with zero attached hydrogens (tertiary/aromatic N) is 3. The van der Waals surface area contributed by atoms with E-state index in [-0.39, 0.29) is 36.3 Å². The number of carbonyl (C=O) groups is 1. The number of aromatic amines is 1. The fourth-order valence-corrected chi connectivity index (χ4v) is 3.44. The predicted molar refractivity (Wildman–Crippen MR) is 117 cm³/mol. The minimum atomic E-state index is -0.518. The van der Waals surface area contributed by atoms with Crippen molar-refractivity contribution in [3.8, 4) is 11.4 Å². The van der Waals surface area contributed by atoms with Crippen LogP contribution in [0.4, 0.5) is 0 Å². The van der Waals surface area contributed by atoms with E-state index in [1.807, 2.05) is 18.4 Å². The average Bonchev–Trinajstić information content (AvgIpc) is 3.12. The van der Waals surface area contributed by atoms with E-state index in [2.05, 4.69) is 14.7 Å². The zero-order valence-electron chi connectivity index (χ0n) is 17.8. The summed E-state index contributed by atoms with van der Waals surface area (Å²) < 4.78 is 7.52. The highest BCUT2D eigenvalue weighted by Gasteiger charge is 2.20. The zero-order chi connectivity index (χ0) is 22.7. The summed E-state index contributed by atoms with van der Waals surface area (Å²) in [6, 6.07) is 6.91. The number of ether oxygens (including phenoxy) is 1. The molecular formula is C21H26N6O4. The largest absolute Gasteiger partial charge is 0.469 e. The molecule has 164 valence electrons. The smallest absolute Gasteiger partial charge is 0.330 e. The number of unbranched alkanes of at least 4 members (excludes halogenated alkanes) is 1. The lowest BCUT2D eigenvalue weighted by molar-refractivity contribution is -0.140. The van der Waals surface area contributed by atoms with E-state index in [1.165, 1.54) is 7.11 Å². The maximum Gasteiger partial charge on any atom is 0.330 e. The maximum atomic E-state index is 13.0. The molecule has 0 spiro atoms. The molecule has 0 unspecified atom stereocenters. The van der Waals surface area contributed by atoms with Gasteiger partial charge in [-0.05, 0) is 26.7 Å². The lowest BCUT2D eigenvalue weighted by Crippen LogP contribution is -2.35. The molecule has 0 aliphatic carbocycles. The van der Waals surface area contributed by atoms with E-state index < -0.39 is 11.2 Å². The van der Waals surface area contributed by atoms with Crippen molar-refractivity contribution in [1.29, 1.82) is 5.41 Å². The quantitative estimate of drug-likeness (QED) is 0.216. The molecule has 0 saturated carbocycles. The SMILES string of the molecule is COC(=O)CCCCn1c(=O)[nH]c2c(nc(-c3ccc(C(=N)N)cc3)n2C(C)C)c1=O. The van der Waals surface area contributed by atoms with Crippen LogP contribution in [-0.2, 0) is 16.1 Å². The van der Waals surface area contributed by atoms with Gasteiger partial charge in [-0.3, -0.25) is 24.5 Å². The van der Waals surface area contributed by atoms with Gasteiger partial charge in [-0.15, -0.1) is 0 Å². The molecule has 0 saturated heterocycles. The van der Waals surface area contributed by atoms with Crippen molar-refractivity contribution in [1.82, 2.24) is 19.1 Å². The van der Waals surface area contributed by atoms with Crippen LogP contribution in [0.5, 0.6) is 0 Å². The Kier molecular flexibility index (Phi) is 6.38. The lowest BCUT2D eigenvalue weighted by Gasteiger charge is -2.13. The van der Waals surface area contributed by atoms with Crippen LogP contribution in [0.15, 0.2) is 33.9 Å². The molecule has 2 heterocycles. The van der Waals surface area contributed by atoms with Gasteiger partial charge < -0.3 is 15.0 Å². The van der Waals surface area contributed by atoms with E-state index in [4.69, 9.17) is 11.1 Å². The van der Waals surface area contributed by atoms with Gasteiger partial charge in [0.2, 0.25) is 0 Å². The standard InChI is InChI=1S/C21H26N6O4/c1-12(2)27-18(14-9-7-13(8-10-14)17(22)23)24-16-19(27)25-21(30)26(20(16)29)11-5-4-6-15(28)31-3/h7-10,12H,4-6,11H2,1-3H3,(H3,22,23)(H,25,30). The summed E-state index contributed by atoms with van der Waals surface area (Å²) in [6.45, 7) is 4.05. The van der Waals surface area contributed by atoms with Crippen molar-refractivity contribution >= 4 is 23.0 Å². The maximum absolute atomic E-state index is 13.0. The van der Waals surface area contributed by atoms with Crippen LogP contribution < -0.4 is 17.0 Å². The van der Waals surface area contributed by atoms with Crippen LogP contribution in [0.25, 0.3) is 22.6 Å². The number of rotatable bonds is 8. The van der Waals surface area contributed by atoms with Crippen molar-refractivity contribution in [3.63, 3.8) is 0 Å². The monoisotopic (exact) mass is 426 g/mol. The average molecular weight is 426 g/mol. The Morgan fingerprint density at radius 2 is 1.90 bits per heavy atom. The number of hydrogen-bond donors (Lipinski definition) is 3. The molecule has 4 N–H and O–H groups in total. The van der Waals surface area contributed by atoms with E-state index in [0.29, 0.717) is 29.9 Å². The summed E-state index contributed by atoms with van der Waals surface area (Å²) in [7, 11) is 1.32. The summed E-state index contributed by atoms with van der Waals surface area (Å²) in [6.07, 6.45) is 1.21. The van der Waals surface area contributed by atoms with Crippen molar-refractivity contribution in [3.05, 3.63) is 50.7 Å². The van der Waals surface area contributed by atoms with Crippen LogP contribution in [0.1, 0.15) is 44.7 Å². The van der Waals surface area contributed by atoms with Crippen molar-refractivity contribution < 1.29 is 9.53 Å². The molecule has 0 amide bonds. The molecule has 0 atom stereocenters. The molecular weight excluding hydrogens is 400 g/mol. The Morgan fingerprint density at radius 3 is 2.48 bits per heavy atom. The van der Waals surface area contributed by atoms with E-state index in [1.54, 1.807) is 24.3 Å². The van der Waals surface area contributed by atoms with Crippen molar-refractivity contribution in [2.45, 2.75) is 45.7 Å². The molecule has 2 aromatic heterocycles. The van der Waals surface area contributed by atoms with E-state index in [0.717, 1.165) is 10.1 Å². The van der Waals surface area contributed by atoms with Gasteiger partial charge in [-0.2, -0.15) is 0 Å². The number of aromatic nitrogens is 4. The highest BCUT2D eigenvalue weighted by Crippen LogP contribution is 2.26. The summed E-state index contributed by atoms with van der Waals surface area (Å²) in [4.78, 5) is 44.2. The fourth-order valence-electron chi connectivity index (χ4n) is 3.44. The Hall–Kier alpha value is -3.69. The predicted octanol–water partition coefficient (Wildman–Crippen LogP) is 1.76. The van der Waals surface area contributed by atoms with Crippen LogP contribution >= 0.6 is 0 Å². The molecule has 3 aromatic rings. The number of fused-ring (bicyclic) bond motifs is 1. The van der Waals surface area contributed by atoms with Gasteiger partial charge in [0.15, 0.2) is 5.52 Å². The third kappa shape index (κ3) is 4.42. The molecule has 0 aliphatic heterocycles. The highest BCUT2D eigenvalue weighted by molar-refractivity contribution is 5.95. The number of carbonyl (C=O) groups excluding carboxylic acids is 1. The van der Waals surface area contributed by atoms with E-state index >= 15 is 0 Å². The summed E-state index contributed by atoms with van der Waals surface area (Å²) in [5.74, 6) is 0.174. The third-order valence-corrected chi connectivity index (χ3v) is 5.04. The van der Waals surface area contributed by atoms with Crippen LogP contribution in [-0.4, -0.2) is 38.0 Å². The molecule has 0 fully saturated rings. The number of benzene rings is 1. The number of hydrogen-bond acceptors (Lipinski definition) is 6. The van der Waals surface area contributed by atoms with Gasteiger partial charge >= 0.3 is 11.7 Å². The molecule has 1 aromatic carbocycles. The highest BCUT2D eigenvalue weighted by atomic mass is 16.5. The first-order chi connectivity index (χ1) is 14.7. The first-order valence-corrected chi connectivity index (χ1v) is 10.0. The molecule has 3 rings (SSSR count). The van der Waals surface area contributed by atoms with E-state index in [9.17, 15) is 14.4 Å². The number of methoxy groups -OCH3 is 1. The minimum Gasteiger partial charge on any atom is -0.469 e. The topological polar surface area (TPSA) is 149 Å². The summed E-state index contributed by atoms with van der Waals surface area (Å²) in [5, 5.41) is 7.54. The number of nitrogens with one attached hydrogen (secondary N) is 2. The first-order valence-electron chi connectivity index (χ1n) is 10.0. The molecule has 0 aliphatic rings. The first kappa shape index (κ1) is 22.0. The minimum absolute atomic E-state index is 0.0386. The molecule has 31 heavy (non-hydrogen) atoms. The second-order valence-corrected chi connectivity index (χ2v) is 7.51. The number of H-pyrrole nitrogens is 1. The second-order valence-electron chi connectivity index (χ2n) is 7.51. The third-order valence-electron chi connectivity index (χ3n) is 5.04. The van der Waals surface area contributed by atoms with Crippen LogP contribution in [0.3, 0.4) is 0 Å². The van der Waals surface area contributed by atoms with Crippen molar-refractivity contribution in [2.75, 3.05) is 7.11 Å². The normalized spacial score (nSPS) is 11.2. The fraction of sp³-hybridized carbons (Fsp3) is 0.381. The Balaban J connectivity index is 2.03. The second kappa shape index (κ2) is 8.99. The molecule has 0 bridgehead atoms. The van der Waals surface area contributed by atoms with Gasteiger partial charge in [0.1, 0.15) is 17.3 Å². The van der Waals surface area contributed by atoms with Gasteiger partial charge in [-0.1, -0.05) is 24.3 Å². The number of esters is 1. The van der Waals surface area contributed by atoms with Gasteiger partial charge in [0.25, 0.3) is 5.56 Å². The number of amidine groups is 1. The Morgan fingerprint density at radius 1 is 1.23 bits per heavy atom.